The number of aryl methyl sites for hydroxylation is 1. The largest absolute Gasteiger partial charge is 0.495 e. The van der Waals surface area contributed by atoms with Crippen molar-refractivity contribution < 1.29 is 9.13 Å². The molecule has 2 rings (SSSR count). The van der Waals surface area contributed by atoms with Gasteiger partial charge in [0.05, 0.1) is 12.8 Å². The predicted octanol–water partition coefficient (Wildman–Crippen LogP) is 4.41. The molecule has 0 fully saturated rings. The van der Waals surface area contributed by atoms with Crippen molar-refractivity contribution in [3.63, 3.8) is 0 Å². The van der Waals surface area contributed by atoms with Crippen LogP contribution in [0.25, 0.3) is 0 Å². The number of hydrogen-bond donors (Lipinski definition) is 1. The Hall–Kier alpha value is -1.74. The van der Waals surface area contributed by atoms with Crippen molar-refractivity contribution in [2.75, 3.05) is 12.4 Å². The van der Waals surface area contributed by atoms with Crippen molar-refractivity contribution in [3.05, 3.63) is 58.4 Å². The molecule has 0 spiro atoms. The first-order valence-corrected chi connectivity index (χ1v) is 6.31. The van der Waals surface area contributed by atoms with Gasteiger partial charge in [0.2, 0.25) is 0 Å². The fraction of sp³-hybridized carbons (Fsp3) is 0.200. The normalized spacial score (nSPS) is 10.3. The van der Waals surface area contributed by atoms with E-state index in [1.54, 1.807) is 25.3 Å². The van der Waals surface area contributed by atoms with E-state index in [1.807, 2.05) is 19.1 Å². The highest BCUT2D eigenvalue weighted by Crippen LogP contribution is 2.31. The van der Waals surface area contributed by atoms with Crippen molar-refractivity contribution in [1.82, 2.24) is 0 Å². The molecule has 100 valence electrons. The van der Waals surface area contributed by atoms with Gasteiger partial charge in [-0.1, -0.05) is 29.8 Å². The van der Waals surface area contributed by atoms with Gasteiger partial charge >= 0.3 is 0 Å². The van der Waals surface area contributed by atoms with E-state index in [0.717, 1.165) is 11.3 Å². The molecule has 0 atom stereocenters. The minimum absolute atomic E-state index is 0.223. The Morgan fingerprint density at radius 2 is 2.00 bits per heavy atom. The lowest BCUT2D eigenvalue weighted by atomic mass is 10.1. The van der Waals surface area contributed by atoms with Gasteiger partial charge in [-0.2, -0.15) is 0 Å². The smallest absolute Gasteiger partial charge is 0.143 e. The van der Waals surface area contributed by atoms with Crippen LogP contribution in [0.2, 0.25) is 5.02 Å². The van der Waals surface area contributed by atoms with Crippen molar-refractivity contribution >= 4 is 17.3 Å². The summed E-state index contributed by atoms with van der Waals surface area (Å²) < 4.78 is 18.8. The van der Waals surface area contributed by atoms with Crippen LogP contribution in [0.1, 0.15) is 11.1 Å². The SMILES string of the molecule is COc1cc(Cl)c(C)cc1NCc1ccccc1F. The van der Waals surface area contributed by atoms with Gasteiger partial charge in [0.1, 0.15) is 11.6 Å². The molecule has 1 N–H and O–H groups in total. The van der Waals surface area contributed by atoms with Crippen LogP contribution < -0.4 is 10.1 Å². The maximum absolute atomic E-state index is 13.5. The molecule has 2 aromatic carbocycles. The first-order chi connectivity index (χ1) is 9.11. The van der Waals surface area contributed by atoms with Crippen molar-refractivity contribution in [1.29, 1.82) is 0 Å². The summed E-state index contributed by atoms with van der Waals surface area (Å²) in [7, 11) is 1.58. The maximum Gasteiger partial charge on any atom is 0.143 e. The first-order valence-electron chi connectivity index (χ1n) is 5.93. The quantitative estimate of drug-likeness (QED) is 0.895. The molecule has 0 bridgehead atoms. The Balaban J connectivity index is 2.20. The standard InChI is InChI=1S/C15H15ClFNO/c1-10-7-14(15(19-2)8-12(10)16)18-9-11-5-3-4-6-13(11)17/h3-8,18H,9H2,1-2H3. The zero-order valence-corrected chi connectivity index (χ0v) is 11.6. The maximum atomic E-state index is 13.5. The summed E-state index contributed by atoms with van der Waals surface area (Å²) >= 11 is 6.04. The van der Waals surface area contributed by atoms with Gasteiger partial charge in [0.15, 0.2) is 0 Å². The zero-order valence-electron chi connectivity index (χ0n) is 10.8. The van der Waals surface area contributed by atoms with Crippen LogP contribution in [0.5, 0.6) is 5.75 Å². The van der Waals surface area contributed by atoms with Gasteiger partial charge in [-0.15, -0.1) is 0 Å². The molecule has 0 aliphatic rings. The third-order valence-corrected chi connectivity index (χ3v) is 3.32. The Kier molecular flexibility index (Phi) is 4.27. The van der Waals surface area contributed by atoms with Gasteiger partial charge in [0, 0.05) is 23.2 Å². The number of nitrogens with one attached hydrogen (secondary N) is 1. The van der Waals surface area contributed by atoms with E-state index in [-0.39, 0.29) is 5.82 Å². The van der Waals surface area contributed by atoms with Gasteiger partial charge in [-0.3, -0.25) is 0 Å². The summed E-state index contributed by atoms with van der Waals surface area (Å²) in [5, 5.41) is 3.81. The van der Waals surface area contributed by atoms with E-state index in [2.05, 4.69) is 5.32 Å². The van der Waals surface area contributed by atoms with Crippen LogP contribution in [0, 0.1) is 12.7 Å². The van der Waals surface area contributed by atoms with E-state index in [9.17, 15) is 4.39 Å². The molecule has 2 aromatic rings. The van der Waals surface area contributed by atoms with Crippen LogP contribution in [-0.4, -0.2) is 7.11 Å². The highest BCUT2D eigenvalue weighted by molar-refractivity contribution is 6.31. The number of benzene rings is 2. The van der Waals surface area contributed by atoms with Crippen LogP contribution in [-0.2, 0) is 6.54 Å². The molecular formula is C15H15ClFNO. The fourth-order valence-electron chi connectivity index (χ4n) is 1.80. The van der Waals surface area contributed by atoms with E-state index >= 15 is 0 Å². The van der Waals surface area contributed by atoms with Crippen LogP contribution >= 0.6 is 11.6 Å². The molecule has 0 amide bonds. The van der Waals surface area contributed by atoms with Crippen LogP contribution in [0.4, 0.5) is 10.1 Å². The summed E-state index contributed by atoms with van der Waals surface area (Å²) in [6.45, 7) is 2.31. The van der Waals surface area contributed by atoms with Crippen molar-refractivity contribution in [3.8, 4) is 5.75 Å². The number of halogens is 2. The summed E-state index contributed by atoms with van der Waals surface area (Å²) in [5.41, 5.74) is 2.35. The molecule has 0 aliphatic carbocycles. The third kappa shape index (κ3) is 3.18. The first kappa shape index (κ1) is 13.7. The minimum atomic E-state index is -0.223. The van der Waals surface area contributed by atoms with Gasteiger partial charge < -0.3 is 10.1 Å². The van der Waals surface area contributed by atoms with E-state index < -0.39 is 0 Å². The Morgan fingerprint density at radius 3 is 2.68 bits per heavy atom. The average molecular weight is 280 g/mol. The van der Waals surface area contributed by atoms with E-state index in [4.69, 9.17) is 16.3 Å². The number of ether oxygens (including phenoxy) is 1. The lowest BCUT2D eigenvalue weighted by Crippen LogP contribution is -2.03. The second kappa shape index (κ2) is 5.93. The van der Waals surface area contributed by atoms with Gasteiger partial charge in [-0.25, -0.2) is 4.39 Å². The zero-order chi connectivity index (χ0) is 13.8. The minimum Gasteiger partial charge on any atom is -0.495 e. The second-order valence-electron chi connectivity index (χ2n) is 4.25. The lowest BCUT2D eigenvalue weighted by molar-refractivity contribution is 0.416. The number of hydrogen-bond acceptors (Lipinski definition) is 2. The van der Waals surface area contributed by atoms with Crippen LogP contribution in [0.3, 0.4) is 0 Å². The molecule has 0 saturated carbocycles. The summed E-state index contributed by atoms with van der Waals surface area (Å²) in [6.07, 6.45) is 0. The van der Waals surface area contributed by atoms with E-state index in [0.29, 0.717) is 22.9 Å². The molecule has 0 saturated heterocycles. The van der Waals surface area contributed by atoms with E-state index in [1.165, 1.54) is 6.07 Å². The predicted molar refractivity (Wildman–Crippen MR) is 76.5 cm³/mol. The monoisotopic (exact) mass is 279 g/mol. The molecule has 0 unspecified atom stereocenters. The third-order valence-electron chi connectivity index (χ3n) is 2.91. The lowest BCUT2D eigenvalue weighted by Gasteiger charge is -2.13. The molecule has 0 aromatic heterocycles. The van der Waals surface area contributed by atoms with Gasteiger partial charge in [0.25, 0.3) is 0 Å². The highest BCUT2D eigenvalue weighted by atomic mass is 35.5. The Bertz CT molecular complexity index is 586. The van der Waals surface area contributed by atoms with Crippen molar-refractivity contribution in [2.45, 2.75) is 13.5 Å². The average Bonchev–Trinajstić information content (AvgIpc) is 2.41. The molecular weight excluding hydrogens is 265 g/mol. The molecule has 0 heterocycles. The topological polar surface area (TPSA) is 21.3 Å². The number of methoxy groups -OCH3 is 1. The summed E-state index contributed by atoms with van der Waals surface area (Å²) in [5.74, 6) is 0.423. The molecule has 0 radical (unpaired) electrons. The molecule has 4 heteroatoms. The summed E-state index contributed by atoms with van der Waals surface area (Å²) in [4.78, 5) is 0. The molecule has 2 nitrogen and oxygen atoms in total. The second-order valence-corrected chi connectivity index (χ2v) is 4.65. The number of anilines is 1. The number of rotatable bonds is 4. The summed E-state index contributed by atoms with van der Waals surface area (Å²) in [6, 6.07) is 10.3. The highest BCUT2D eigenvalue weighted by Gasteiger charge is 2.07. The van der Waals surface area contributed by atoms with Crippen molar-refractivity contribution in [2.24, 2.45) is 0 Å². The molecule has 19 heavy (non-hydrogen) atoms. The molecule has 0 aliphatic heterocycles. The Labute approximate surface area is 117 Å². The van der Waals surface area contributed by atoms with Gasteiger partial charge in [-0.05, 0) is 24.6 Å². The van der Waals surface area contributed by atoms with Crippen LogP contribution in [0.15, 0.2) is 36.4 Å². The Morgan fingerprint density at radius 1 is 1.26 bits per heavy atom. The fourth-order valence-corrected chi connectivity index (χ4v) is 1.96.